The number of rotatable bonds is 13. The van der Waals surface area contributed by atoms with E-state index in [2.05, 4.69) is 23.3 Å². The molecule has 0 radical (unpaired) electrons. The van der Waals surface area contributed by atoms with Crippen LogP contribution in [0, 0.1) is 11.2 Å². The van der Waals surface area contributed by atoms with Gasteiger partial charge in [-0.25, -0.2) is 4.39 Å². The van der Waals surface area contributed by atoms with Crippen LogP contribution in [0.5, 0.6) is 0 Å². The molecule has 1 saturated heterocycles. The zero-order chi connectivity index (χ0) is 31.5. The van der Waals surface area contributed by atoms with Gasteiger partial charge >= 0.3 is 0 Å². The molecule has 0 aliphatic carbocycles. The molecule has 0 atom stereocenters. The first-order valence-electron chi connectivity index (χ1n) is 13.1. The number of hydrogen-bond donors (Lipinski definition) is 5. The third-order valence-corrected chi connectivity index (χ3v) is 6.19. The van der Waals surface area contributed by atoms with Gasteiger partial charge in [0.2, 0.25) is 12.3 Å². The third-order valence-electron chi connectivity index (χ3n) is 6.19. The average molecular weight is 879 g/mol. The number of primary amides is 1. The Morgan fingerprint density at radius 2 is 1.72 bits per heavy atom. The molecule has 0 saturated carbocycles. The Bertz CT molecular complexity index is 1190. The second-order valence-corrected chi connectivity index (χ2v) is 8.88. The van der Waals surface area contributed by atoms with Crippen molar-refractivity contribution in [2.45, 2.75) is 13.3 Å². The fourth-order valence-corrected chi connectivity index (χ4v) is 3.94. The number of amides is 4. The molecule has 2 aromatic carbocycles. The second kappa shape index (κ2) is 21.3. The van der Waals surface area contributed by atoms with E-state index in [1.165, 1.54) is 28.0 Å². The molecule has 1 heterocycles. The number of piperazine rings is 1. The van der Waals surface area contributed by atoms with Gasteiger partial charge in [0.25, 0.3) is 5.91 Å². The summed E-state index contributed by atoms with van der Waals surface area (Å²) in [6.07, 6.45) is 2.65. The standard InChI is InChI=1S/C21H21FN4O3.C7H15N2O2.Fm.H2S2/c22-18-6-5-14(12-19(23)15-3-1-2-4-16(15)20(24)28)11-17(18)21(29)26-9-7-25(13-27)8-10-26;1-2-9(7-10)4-6-11-5-3-8;;1-2/h1-6,11,13,23H,7-10,12H2,(H2,24,28);2-6,8H2,1H3;;1-2H/q;-1;;. The topological polar surface area (TPSA) is 163 Å². The summed E-state index contributed by atoms with van der Waals surface area (Å²) in [4.78, 5) is 49.8. The Hall–Kier alpha value is -4.46. The Morgan fingerprint density at radius 3 is 2.26 bits per heavy atom. The van der Waals surface area contributed by atoms with E-state index < -0.39 is 17.6 Å². The van der Waals surface area contributed by atoms with Crippen molar-refractivity contribution in [3.8, 4) is 0 Å². The molecule has 0 bridgehead atoms. The van der Waals surface area contributed by atoms with Gasteiger partial charge in [0.15, 0.2) is 0 Å². The van der Waals surface area contributed by atoms with E-state index in [-0.39, 0.29) is 23.3 Å². The number of likely N-dealkylation sites (N-methyl/N-ethyl adjacent to an activating group) is 1. The number of halogens is 1. The van der Waals surface area contributed by atoms with E-state index in [0.29, 0.717) is 70.2 Å². The summed E-state index contributed by atoms with van der Waals surface area (Å²) < 4.78 is 19.4. The molecular weight excluding hydrogens is 840 g/mol. The van der Waals surface area contributed by atoms with Crippen molar-refractivity contribution < 1.29 is 28.3 Å². The molecule has 11 nitrogen and oxygen atoms in total. The van der Waals surface area contributed by atoms with Crippen LogP contribution in [-0.4, -0.2) is 104 Å². The van der Waals surface area contributed by atoms with Crippen LogP contribution in [0.15, 0.2) is 42.5 Å². The smallest absolute Gasteiger partial charge is 0.256 e. The number of nitrogens with zero attached hydrogens (tertiary/aromatic N) is 3. The summed E-state index contributed by atoms with van der Waals surface area (Å²) >= 11 is 6.44. The fraction of sp³-hybridized carbons (Fsp3) is 0.393. The number of benzene rings is 2. The van der Waals surface area contributed by atoms with Gasteiger partial charge in [0, 0.05) is 62.5 Å². The van der Waals surface area contributed by atoms with Gasteiger partial charge in [-0.2, -0.15) is 6.41 Å². The fourth-order valence-electron chi connectivity index (χ4n) is 3.94. The summed E-state index contributed by atoms with van der Waals surface area (Å²) in [7, 11) is 0. The minimum Gasteiger partial charge on any atom is -0.520 e. The van der Waals surface area contributed by atoms with E-state index in [9.17, 15) is 23.6 Å². The SMILES string of the molecule is CCN([C-]=O)CCOCCN.N=C(Cc1ccc(F)c(C(=O)N2CCN(C=O)CC2)c1)c1ccccc1C(N)=O.SS.[Fm]. The second-order valence-electron chi connectivity index (χ2n) is 8.88. The third kappa shape index (κ3) is 12.5. The number of carbonyl (C=O) groups excluding carboxylic acids is 4. The minimum atomic E-state index is -0.638. The molecule has 3 rings (SSSR count). The predicted molar refractivity (Wildman–Crippen MR) is 166 cm³/mol. The average Bonchev–Trinajstić information content (AvgIpc) is 3.03. The summed E-state index contributed by atoms with van der Waals surface area (Å²) in [5.41, 5.74) is 11.9. The van der Waals surface area contributed by atoms with Crippen LogP contribution in [0.25, 0.3) is 0 Å². The van der Waals surface area contributed by atoms with Crippen LogP contribution in [0.3, 0.4) is 0 Å². The van der Waals surface area contributed by atoms with Crippen molar-refractivity contribution in [3.63, 3.8) is 0 Å². The molecule has 0 aromatic heterocycles. The molecule has 2 aromatic rings. The van der Waals surface area contributed by atoms with Gasteiger partial charge in [0.1, 0.15) is 5.82 Å². The molecule has 15 heteroatoms. The number of ether oxygens (including phenoxy) is 1. The maximum absolute atomic E-state index is 14.3. The van der Waals surface area contributed by atoms with E-state index in [1.807, 2.05) is 6.92 Å². The molecular formula is C28H38FFmN6O5S2-. The normalized spacial score (nSPS) is 11.9. The maximum atomic E-state index is 14.3. The van der Waals surface area contributed by atoms with Crippen molar-refractivity contribution in [1.82, 2.24) is 14.7 Å². The molecule has 0 spiro atoms. The molecule has 4 amide bonds. The van der Waals surface area contributed by atoms with Crippen LogP contribution < -0.4 is 11.5 Å². The summed E-state index contributed by atoms with van der Waals surface area (Å²) in [5.74, 6) is -1.71. The van der Waals surface area contributed by atoms with E-state index in [0.717, 1.165) is 6.41 Å². The monoisotopic (exact) mass is 878 g/mol. The van der Waals surface area contributed by atoms with Crippen molar-refractivity contribution in [2.24, 2.45) is 11.5 Å². The van der Waals surface area contributed by atoms with Crippen molar-refractivity contribution in [2.75, 3.05) is 59.0 Å². The molecule has 0 unspecified atom stereocenters. The Morgan fingerprint density at radius 1 is 1.09 bits per heavy atom. The maximum Gasteiger partial charge on any atom is 0.256 e. The molecule has 242 valence electrons. The number of carbonyl (C=O) groups is 3. The van der Waals surface area contributed by atoms with Crippen LogP contribution >= 0.6 is 23.3 Å². The Labute approximate surface area is 256 Å². The van der Waals surface area contributed by atoms with Gasteiger partial charge in [-0.15, -0.1) is 23.3 Å². The van der Waals surface area contributed by atoms with Crippen molar-refractivity contribution in [1.29, 1.82) is 5.41 Å². The van der Waals surface area contributed by atoms with Crippen LogP contribution in [0.2, 0.25) is 0 Å². The zero-order valence-electron chi connectivity index (χ0n) is 23.8. The summed E-state index contributed by atoms with van der Waals surface area (Å²) in [5, 5.41) is 8.34. The molecule has 1 aliphatic rings. The number of hydrogen-bond acceptors (Lipinski definition) is 9. The van der Waals surface area contributed by atoms with Crippen LogP contribution in [-0.2, 0) is 20.7 Å². The van der Waals surface area contributed by atoms with Gasteiger partial charge in [-0.05, 0) is 30.3 Å². The minimum absolute atomic E-state index is 0. The number of nitrogens with two attached hydrogens (primary N) is 2. The van der Waals surface area contributed by atoms with Gasteiger partial charge < -0.3 is 41.1 Å². The predicted octanol–water partition coefficient (Wildman–Crippen LogP) is 1.56. The molecule has 1 aliphatic heterocycles. The van der Waals surface area contributed by atoms with Gasteiger partial charge in [-0.3, -0.25) is 14.4 Å². The van der Waals surface area contributed by atoms with Crippen molar-refractivity contribution in [3.05, 3.63) is 70.5 Å². The van der Waals surface area contributed by atoms with Crippen LogP contribution in [0.4, 0.5) is 4.39 Å². The zero-order valence-corrected chi connectivity index (χ0v) is 28.0. The quantitative estimate of drug-likeness (QED) is 0.0391. The first kappa shape index (κ1) is 38.5. The van der Waals surface area contributed by atoms with Crippen molar-refractivity contribution >= 4 is 53.7 Å². The number of thiol groups is 2. The van der Waals surface area contributed by atoms with E-state index in [1.54, 1.807) is 35.6 Å². The van der Waals surface area contributed by atoms with E-state index in [4.69, 9.17) is 21.6 Å². The Kier molecular flexibility index (Phi) is 19.1. The Balaban J connectivity index is 0.00000107. The largest absolute Gasteiger partial charge is 0.520 e. The van der Waals surface area contributed by atoms with Gasteiger partial charge in [0.05, 0.1) is 18.8 Å². The number of nitrogens with one attached hydrogen (secondary N) is 1. The molecule has 43 heavy (non-hydrogen) atoms. The van der Waals surface area contributed by atoms with Crippen LogP contribution in [0.1, 0.15) is 38.8 Å². The first-order chi connectivity index (χ1) is 20.2. The summed E-state index contributed by atoms with van der Waals surface area (Å²) in [6, 6.07) is 10.7. The van der Waals surface area contributed by atoms with E-state index >= 15 is 0 Å². The molecule has 5 N–H and O–H groups in total. The molecule has 1 fully saturated rings. The first-order valence-corrected chi connectivity index (χ1v) is 14.7. The summed E-state index contributed by atoms with van der Waals surface area (Å²) in [6.45, 7) is 6.28. The van der Waals surface area contributed by atoms with Gasteiger partial charge in [-0.1, -0.05) is 31.2 Å².